The normalized spacial score (nSPS) is 17.9. The van der Waals surface area contributed by atoms with Gasteiger partial charge in [0.25, 0.3) is 0 Å². The monoisotopic (exact) mass is 360 g/mol. The molecule has 1 amide bonds. The predicted octanol–water partition coefficient (Wildman–Crippen LogP) is 2.62. The summed E-state index contributed by atoms with van der Waals surface area (Å²) in [5.74, 6) is -0.0229. The highest BCUT2D eigenvalue weighted by Crippen LogP contribution is 2.38. The predicted molar refractivity (Wildman–Crippen MR) is 80.7 cm³/mol. The molecule has 0 atom stereocenters. The van der Waals surface area contributed by atoms with E-state index in [0.717, 1.165) is 25.7 Å². The topological polar surface area (TPSA) is 89.3 Å². The number of nitrogens with two attached hydrogens (primary N) is 1. The van der Waals surface area contributed by atoms with Crippen LogP contribution in [0.4, 0.5) is 5.69 Å². The number of halogens is 1. The average molecular weight is 361 g/mol. The van der Waals surface area contributed by atoms with Crippen molar-refractivity contribution in [2.75, 3.05) is 5.32 Å². The van der Waals surface area contributed by atoms with Gasteiger partial charge >= 0.3 is 0 Å². The second-order valence-corrected chi connectivity index (χ2v) is 7.80. The molecule has 7 heteroatoms. The Morgan fingerprint density at radius 3 is 2.45 bits per heavy atom. The van der Waals surface area contributed by atoms with E-state index < -0.39 is 10.0 Å². The highest BCUT2D eigenvalue weighted by molar-refractivity contribution is 9.10. The number of anilines is 1. The number of carbonyl (C=O) groups is 1. The highest BCUT2D eigenvalue weighted by Gasteiger charge is 2.36. The third kappa shape index (κ3) is 3.21. The van der Waals surface area contributed by atoms with E-state index in [1.165, 1.54) is 6.07 Å². The Kier molecular flexibility index (Phi) is 4.22. The van der Waals surface area contributed by atoms with Crippen molar-refractivity contribution in [3.8, 4) is 0 Å². The molecule has 0 saturated heterocycles. The zero-order chi connectivity index (χ0) is 15.0. The van der Waals surface area contributed by atoms with Crippen LogP contribution in [-0.4, -0.2) is 14.3 Å². The van der Waals surface area contributed by atoms with Gasteiger partial charge in [-0.1, -0.05) is 19.8 Å². The molecule has 1 aliphatic rings. The summed E-state index contributed by atoms with van der Waals surface area (Å²) in [4.78, 5) is 12.3. The zero-order valence-corrected chi connectivity index (χ0v) is 13.6. The number of primary sulfonamides is 1. The standard InChI is InChI=1S/C13H17BrN2O3S/c1-13(6-2-3-7-13)12(17)16-9-4-5-11(10(14)8-9)20(15,18)19/h4-5,8H,2-3,6-7H2,1H3,(H,16,17)(H2,15,18,19). The Morgan fingerprint density at radius 2 is 1.95 bits per heavy atom. The Bertz CT molecular complexity index is 637. The lowest BCUT2D eigenvalue weighted by Crippen LogP contribution is -2.30. The number of benzene rings is 1. The van der Waals surface area contributed by atoms with Crippen LogP contribution in [-0.2, 0) is 14.8 Å². The van der Waals surface area contributed by atoms with Crippen molar-refractivity contribution >= 4 is 37.5 Å². The molecule has 20 heavy (non-hydrogen) atoms. The van der Waals surface area contributed by atoms with Crippen molar-refractivity contribution in [2.24, 2.45) is 10.6 Å². The first-order valence-corrected chi connectivity index (χ1v) is 8.70. The second-order valence-electron chi connectivity index (χ2n) is 5.41. The highest BCUT2D eigenvalue weighted by atomic mass is 79.9. The SMILES string of the molecule is CC1(C(=O)Nc2ccc(S(N)(=O)=O)c(Br)c2)CCCC1. The van der Waals surface area contributed by atoms with E-state index in [1.807, 2.05) is 6.92 Å². The number of sulfonamides is 1. The lowest BCUT2D eigenvalue weighted by molar-refractivity contribution is -0.124. The summed E-state index contributed by atoms with van der Waals surface area (Å²) >= 11 is 3.16. The molecule has 3 N–H and O–H groups in total. The van der Waals surface area contributed by atoms with Gasteiger partial charge in [0, 0.05) is 15.6 Å². The number of rotatable bonds is 3. The Labute approximate surface area is 127 Å². The van der Waals surface area contributed by atoms with E-state index in [4.69, 9.17) is 5.14 Å². The van der Waals surface area contributed by atoms with Crippen molar-refractivity contribution in [3.05, 3.63) is 22.7 Å². The van der Waals surface area contributed by atoms with Gasteiger partial charge < -0.3 is 5.32 Å². The maximum Gasteiger partial charge on any atom is 0.239 e. The van der Waals surface area contributed by atoms with Crippen molar-refractivity contribution in [1.29, 1.82) is 0 Å². The zero-order valence-electron chi connectivity index (χ0n) is 11.1. The Morgan fingerprint density at radius 1 is 1.35 bits per heavy atom. The maximum atomic E-state index is 12.3. The van der Waals surface area contributed by atoms with E-state index in [1.54, 1.807) is 12.1 Å². The van der Waals surface area contributed by atoms with Gasteiger partial charge in [0.2, 0.25) is 15.9 Å². The summed E-state index contributed by atoms with van der Waals surface area (Å²) < 4.78 is 23.0. The summed E-state index contributed by atoms with van der Waals surface area (Å²) in [6.45, 7) is 1.96. The number of nitrogens with one attached hydrogen (secondary N) is 1. The second kappa shape index (κ2) is 5.46. The molecule has 1 fully saturated rings. The quantitative estimate of drug-likeness (QED) is 0.867. The maximum absolute atomic E-state index is 12.3. The van der Waals surface area contributed by atoms with Gasteiger partial charge in [0.15, 0.2) is 0 Å². The smallest absolute Gasteiger partial charge is 0.239 e. The summed E-state index contributed by atoms with van der Waals surface area (Å²) in [5.41, 5.74) is 0.229. The van der Waals surface area contributed by atoms with Crippen LogP contribution >= 0.6 is 15.9 Å². The fourth-order valence-electron chi connectivity index (χ4n) is 2.47. The largest absolute Gasteiger partial charge is 0.326 e. The van der Waals surface area contributed by atoms with Crippen LogP contribution in [0.25, 0.3) is 0 Å². The van der Waals surface area contributed by atoms with Crippen molar-refractivity contribution in [3.63, 3.8) is 0 Å². The van der Waals surface area contributed by atoms with Crippen LogP contribution in [0, 0.1) is 5.41 Å². The fourth-order valence-corrected chi connectivity index (χ4v) is 4.12. The fraction of sp³-hybridized carbons (Fsp3) is 0.462. The van der Waals surface area contributed by atoms with Gasteiger partial charge in [-0.15, -0.1) is 0 Å². The van der Waals surface area contributed by atoms with E-state index >= 15 is 0 Å². The molecular formula is C13H17BrN2O3S. The van der Waals surface area contributed by atoms with Crippen LogP contribution < -0.4 is 10.5 Å². The van der Waals surface area contributed by atoms with Gasteiger partial charge in [0.05, 0.1) is 4.90 Å². The molecular weight excluding hydrogens is 344 g/mol. The molecule has 0 bridgehead atoms. The van der Waals surface area contributed by atoms with Gasteiger partial charge in [-0.3, -0.25) is 4.79 Å². The van der Waals surface area contributed by atoms with Crippen LogP contribution in [0.15, 0.2) is 27.6 Å². The molecule has 5 nitrogen and oxygen atoms in total. The van der Waals surface area contributed by atoms with Crippen LogP contribution in [0.1, 0.15) is 32.6 Å². The van der Waals surface area contributed by atoms with Crippen molar-refractivity contribution in [1.82, 2.24) is 0 Å². The first-order valence-electron chi connectivity index (χ1n) is 6.36. The third-order valence-corrected chi connectivity index (χ3v) is 5.64. The van der Waals surface area contributed by atoms with Crippen LogP contribution in [0.3, 0.4) is 0 Å². The van der Waals surface area contributed by atoms with E-state index in [9.17, 15) is 13.2 Å². The molecule has 0 heterocycles. The molecule has 0 radical (unpaired) electrons. The van der Waals surface area contributed by atoms with Gasteiger partial charge in [-0.25, -0.2) is 13.6 Å². The van der Waals surface area contributed by atoms with E-state index in [2.05, 4.69) is 21.2 Å². The summed E-state index contributed by atoms with van der Waals surface area (Å²) in [6, 6.07) is 4.47. The van der Waals surface area contributed by atoms with Gasteiger partial charge in [0.1, 0.15) is 0 Å². The minimum atomic E-state index is -3.77. The van der Waals surface area contributed by atoms with E-state index in [-0.39, 0.29) is 16.2 Å². The first kappa shape index (κ1) is 15.5. The van der Waals surface area contributed by atoms with Crippen molar-refractivity contribution < 1.29 is 13.2 Å². The van der Waals surface area contributed by atoms with E-state index in [0.29, 0.717) is 10.2 Å². The molecule has 1 aromatic rings. The lowest BCUT2D eigenvalue weighted by atomic mass is 9.88. The van der Waals surface area contributed by atoms with Gasteiger partial charge in [-0.05, 0) is 47.0 Å². The summed E-state index contributed by atoms with van der Waals surface area (Å²) in [7, 11) is -3.77. The molecule has 1 aromatic carbocycles. The minimum Gasteiger partial charge on any atom is -0.326 e. The molecule has 0 unspecified atom stereocenters. The minimum absolute atomic E-state index is 0.00239. The summed E-state index contributed by atoms with van der Waals surface area (Å²) in [6.07, 6.45) is 3.90. The molecule has 1 aliphatic carbocycles. The number of hydrogen-bond acceptors (Lipinski definition) is 3. The Balaban J connectivity index is 2.19. The molecule has 110 valence electrons. The van der Waals surface area contributed by atoms with Crippen LogP contribution in [0.5, 0.6) is 0 Å². The third-order valence-electron chi connectivity index (χ3n) is 3.75. The number of hydrogen-bond donors (Lipinski definition) is 2. The Hall–Kier alpha value is -0.920. The lowest BCUT2D eigenvalue weighted by Gasteiger charge is -2.22. The first-order chi connectivity index (χ1) is 9.22. The number of amides is 1. The van der Waals surface area contributed by atoms with Gasteiger partial charge in [-0.2, -0.15) is 0 Å². The molecule has 1 saturated carbocycles. The average Bonchev–Trinajstić information content (AvgIpc) is 2.76. The summed E-state index contributed by atoms with van der Waals surface area (Å²) in [5, 5.41) is 7.92. The molecule has 0 spiro atoms. The number of carbonyl (C=O) groups excluding carboxylic acids is 1. The molecule has 0 aromatic heterocycles. The van der Waals surface area contributed by atoms with Crippen molar-refractivity contribution in [2.45, 2.75) is 37.5 Å². The molecule has 0 aliphatic heterocycles. The molecule has 2 rings (SSSR count). The van der Waals surface area contributed by atoms with Crippen LogP contribution in [0.2, 0.25) is 0 Å².